The Bertz CT molecular complexity index is 1370. The quantitative estimate of drug-likeness (QED) is 0.345. The van der Waals surface area contributed by atoms with Crippen LogP contribution in [0.1, 0.15) is 24.5 Å². The highest BCUT2D eigenvalue weighted by Gasteiger charge is 2.34. The van der Waals surface area contributed by atoms with E-state index in [1.165, 1.54) is 36.2 Å². The van der Waals surface area contributed by atoms with Crippen LogP contribution in [-0.4, -0.2) is 51.3 Å². The van der Waals surface area contributed by atoms with Gasteiger partial charge in [-0.15, -0.1) is 0 Å². The Labute approximate surface area is 234 Å². The molecule has 0 saturated heterocycles. The Morgan fingerprint density at radius 3 is 2.21 bits per heavy atom. The molecule has 3 aromatic carbocycles. The molecule has 0 aliphatic rings. The van der Waals surface area contributed by atoms with Crippen molar-refractivity contribution in [2.75, 3.05) is 24.4 Å². The van der Waals surface area contributed by atoms with Gasteiger partial charge in [-0.1, -0.05) is 84.2 Å². The number of hydrogen-bond acceptors (Lipinski definition) is 4. The van der Waals surface area contributed by atoms with Crippen molar-refractivity contribution >= 4 is 50.7 Å². The molecule has 38 heavy (non-hydrogen) atoms. The van der Waals surface area contributed by atoms with E-state index in [0.717, 1.165) is 15.4 Å². The van der Waals surface area contributed by atoms with Crippen LogP contribution in [0.15, 0.2) is 77.7 Å². The molecule has 0 radical (unpaired) electrons. The lowest BCUT2D eigenvalue weighted by Crippen LogP contribution is -2.52. The Kier molecular flexibility index (Phi) is 10.2. The summed E-state index contributed by atoms with van der Waals surface area (Å²) in [6.45, 7) is 3.30. The molecule has 0 bridgehead atoms. The van der Waals surface area contributed by atoms with Gasteiger partial charge in [0.05, 0.1) is 20.6 Å². The van der Waals surface area contributed by atoms with Crippen LogP contribution < -0.4 is 9.62 Å². The maximum absolute atomic E-state index is 13.9. The van der Waals surface area contributed by atoms with Gasteiger partial charge in [-0.3, -0.25) is 13.9 Å². The SMILES string of the molecule is CC[C@H](C(=O)NC)N(CCc1ccccc1)C(=O)CN(c1cccc(Cl)c1Cl)S(=O)(=O)c1ccc(C)cc1. The van der Waals surface area contributed by atoms with Crippen molar-refractivity contribution in [2.24, 2.45) is 0 Å². The van der Waals surface area contributed by atoms with E-state index in [1.807, 2.05) is 37.3 Å². The zero-order chi connectivity index (χ0) is 27.9. The van der Waals surface area contributed by atoms with Gasteiger partial charge in [0.15, 0.2) is 0 Å². The van der Waals surface area contributed by atoms with Crippen molar-refractivity contribution in [2.45, 2.75) is 37.6 Å². The summed E-state index contributed by atoms with van der Waals surface area (Å²) in [7, 11) is -2.72. The van der Waals surface area contributed by atoms with Crippen LogP contribution in [0.25, 0.3) is 0 Å². The first-order chi connectivity index (χ1) is 18.1. The highest BCUT2D eigenvalue weighted by molar-refractivity contribution is 7.92. The number of nitrogens with one attached hydrogen (secondary N) is 1. The van der Waals surface area contributed by atoms with Gasteiger partial charge in [0, 0.05) is 13.6 Å². The number of amides is 2. The summed E-state index contributed by atoms with van der Waals surface area (Å²) in [5, 5.41) is 2.77. The Morgan fingerprint density at radius 1 is 0.947 bits per heavy atom. The maximum Gasteiger partial charge on any atom is 0.264 e. The normalized spacial score (nSPS) is 12.0. The Morgan fingerprint density at radius 2 is 1.61 bits per heavy atom. The first-order valence-electron chi connectivity index (χ1n) is 12.2. The minimum atomic E-state index is -4.22. The minimum Gasteiger partial charge on any atom is -0.357 e. The number of aryl methyl sites for hydroxylation is 1. The van der Waals surface area contributed by atoms with E-state index in [2.05, 4.69) is 5.32 Å². The molecular weight excluding hydrogens is 545 g/mol. The molecule has 0 aliphatic carbocycles. The van der Waals surface area contributed by atoms with Crippen LogP contribution in [0.4, 0.5) is 5.69 Å². The molecule has 0 spiro atoms. The number of nitrogens with zero attached hydrogens (tertiary/aromatic N) is 2. The van der Waals surface area contributed by atoms with E-state index >= 15 is 0 Å². The first kappa shape index (κ1) is 29.5. The molecule has 3 aromatic rings. The van der Waals surface area contributed by atoms with E-state index in [4.69, 9.17) is 23.2 Å². The molecule has 1 atom stereocenters. The molecule has 3 rings (SSSR count). The second-order valence-electron chi connectivity index (χ2n) is 8.76. The fraction of sp³-hybridized carbons (Fsp3) is 0.286. The number of anilines is 1. The summed E-state index contributed by atoms with van der Waals surface area (Å²) in [5.74, 6) is -0.870. The average molecular weight is 577 g/mol. The summed E-state index contributed by atoms with van der Waals surface area (Å²) in [5.41, 5.74) is 1.94. The molecule has 0 aliphatic heterocycles. The zero-order valence-electron chi connectivity index (χ0n) is 21.5. The summed E-state index contributed by atoms with van der Waals surface area (Å²) < 4.78 is 28.7. The summed E-state index contributed by atoms with van der Waals surface area (Å²) >= 11 is 12.7. The van der Waals surface area contributed by atoms with Gasteiger partial charge in [0.25, 0.3) is 10.0 Å². The number of sulfonamides is 1. The average Bonchev–Trinajstić information content (AvgIpc) is 2.91. The molecule has 10 heteroatoms. The number of carbonyl (C=O) groups is 2. The highest BCUT2D eigenvalue weighted by atomic mass is 35.5. The Hall–Kier alpha value is -3.07. The predicted octanol–water partition coefficient (Wildman–Crippen LogP) is 5.09. The third kappa shape index (κ3) is 6.87. The van der Waals surface area contributed by atoms with Crippen LogP contribution in [0.2, 0.25) is 10.0 Å². The van der Waals surface area contributed by atoms with Crippen LogP contribution in [0.3, 0.4) is 0 Å². The number of halogens is 2. The second kappa shape index (κ2) is 13.1. The third-order valence-electron chi connectivity index (χ3n) is 6.20. The maximum atomic E-state index is 13.9. The molecule has 2 amide bonds. The van der Waals surface area contributed by atoms with E-state index < -0.39 is 28.5 Å². The van der Waals surface area contributed by atoms with Crippen molar-refractivity contribution in [1.29, 1.82) is 0 Å². The summed E-state index contributed by atoms with van der Waals surface area (Å²) in [6, 6.07) is 19.7. The van der Waals surface area contributed by atoms with Crippen molar-refractivity contribution in [1.82, 2.24) is 10.2 Å². The van der Waals surface area contributed by atoms with Gasteiger partial charge >= 0.3 is 0 Å². The molecule has 1 N–H and O–H groups in total. The fourth-order valence-corrected chi connectivity index (χ4v) is 5.97. The molecule has 0 heterocycles. The minimum absolute atomic E-state index is 0.00104. The summed E-state index contributed by atoms with van der Waals surface area (Å²) in [4.78, 5) is 28.0. The van der Waals surface area contributed by atoms with Crippen LogP contribution >= 0.6 is 23.2 Å². The topological polar surface area (TPSA) is 86.8 Å². The smallest absolute Gasteiger partial charge is 0.264 e. The number of benzene rings is 3. The zero-order valence-corrected chi connectivity index (χ0v) is 23.9. The molecule has 7 nitrogen and oxygen atoms in total. The third-order valence-corrected chi connectivity index (χ3v) is 8.79. The number of hydrogen-bond donors (Lipinski definition) is 1. The lowest BCUT2D eigenvalue weighted by atomic mass is 10.1. The van der Waals surface area contributed by atoms with E-state index in [-0.39, 0.29) is 33.1 Å². The molecule has 0 saturated carbocycles. The van der Waals surface area contributed by atoms with Gasteiger partial charge in [-0.25, -0.2) is 8.42 Å². The number of carbonyl (C=O) groups excluding carboxylic acids is 2. The van der Waals surface area contributed by atoms with Gasteiger partial charge in [-0.2, -0.15) is 0 Å². The van der Waals surface area contributed by atoms with Crippen LogP contribution in [-0.2, 0) is 26.0 Å². The lowest BCUT2D eigenvalue weighted by molar-refractivity contribution is -0.139. The van der Waals surface area contributed by atoms with Gasteiger partial charge in [0.1, 0.15) is 12.6 Å². The monoisotopic (exact) mass is 575 g/mol. The van der Waals surface area contributed by atoms with Crippen molar-refractivity contribution < 1.29 is 18.0 Å². The van der Waals surface area contributed by atoms with E-state index in [1.54, 1.807) is 25.1 Å². The molecule has 0 fully saturated rings. The first-order valence-corrected chi connectivity index (χ1v) is 14.4. The van der Waals surface area contributed by atoms with Crippen molar-refractivity contribution in [3.05, 3.63) is 94.0 Å². The van der Waals surface area contributed by atoms with E-state index in [0.29, 0.717) is 12.8 Å². The predicted molar refractivity (Wildman–Crippen MR) is 152 cm³/mol. The molecular formula is C28H31Cl2N3O4S. The summed E-state index contributed by atoms with van der Waals surface area (Å²) in [6.07, 6.45) is 0.839. The largest absolute Gasteiger partial charge is 0.357 e. The van der Waals surface area contributed by atoms with Gasteiger partial charge < -0.3 is 10.2 Å². The van der Waals surface area contributed by atoms with Crippen LogP contribution in [0.5, 0.6) is 0 Å². The Balaban J connectivity index is 2.05. The second-order valence-corrected chi connectivity index (χ2v) is 11.4. The van der Waals surface area contributed by atoms with Gasteiger partial charge in [0.2, 0.25) is 11.8 Å². The van der Waals surface area contributed by atoms with Gasteiger partial charge in [-0.05, 0) is 49.6 Å². The highest BCUT2D eigenvalue weighted by Crippen LogP contribution is 2.35. The molecule has 0 aromatic heterocycles. The number of rotatable bonds is 11. The van der Waals surface area contributed by atoms with Crippen LogP contribution in [0, 0.1) is 6.92 Å². The fourth-order valence-electron chi connectivity index (χ4n) is 4.10. The number of likely N-dealkylation sites (N-methyl/N-ethyl adjacent to an activating group) is 1. The van der Waals surface area contributed by atoms with E-state index in [9.17, 15) is 18.0 Å². The standard InChI is InChI=1S/C28H31Cl2N3O4S/c1-4-24(28(35)31-3)32(18-17-21-9-6-5-7-10-21)26(34)19-33(25-12-8-11-23(29)27(25)30)38(36,37)22-15-13-20(2)14-16-22/h5-16,24H,4,17-19H2,1-3H3,(H,31,35)/t24-/m1/s1. The van der Waals surface area contributed by atoms with Crippen molar-refractivity contribution in [3.8, 4) is 0 Å². The molecule has 202 valence electrons. The lowest BCUT2D eigenvalue weighted by Gasteiger charge is -2.33. The van der Waals surface area contributed by atoms with Crippen molar-refractivity contribution in [3.63, 3.8) is 0 Å². The molecule has 0 unspecified atom stereocenters.